The molecule has 280 valence electrons. The maximum atomic E-state index is 17.1. The number of fused-ring (bicyclic) bond motifs is 5. The Kier molecular flexibility index (Phi) is 8.86. The molecule has 2 aromatic heterocycles. The number of ether oxygens (including phenoxy) is 1. The first-order valence-electron chi connectivity index (χ1n) is 18.9. The fourth-order valence-corrected chi connectivity index (χ4v) is 9.50. The van der Waals surface area contributed by atoms with Gasteiger partial charge in [0.2, 0.25) is 5.91 Å². The van der Waals surface area contributed by atoms with Crippen LogP contribution in [0.2, 0.25) is 0 Å². The first kappa shape index (κ1) is 35.1. The third-order valence-corrected chi connectivity index (χ3v) is 12.1. The van der Waals surface area contributed by atoms with Crippen molar-refractivity contribution in [2.45, 2.75) is 62.7 Å². The number of carbonyl (C=O) groups excluding carboxylic acids is 1. The minimum absolute atomic E-state index is 0.0283. The standard InChI is InChI=1S/C43H41F2N7O3/c1-3-32-35(44)13-10-27-19-31(53)20-33(37(27)32)39-38(45)40-34(21-46-39)41(49-42(48-40)55-25-43-14-6-16-51(43)17-7-15-43)50-23-29-11-12-30(24-50)52(29)22-26-8-5-9-28(18-26)47-36(54)4-2/h1,4-5,8-10,13,18-21,29-30,53H,2,6-7,11-12,14-17,22-25H2,(H,47,54). The zero-order chi connectivity index (χ0) is 37.8. The van der Waals surface area contributed by atoms with Gasteiger partial charge in [-0.05, 0) is 99.0 Å². The Bertz CT molecular complexity index is 2390. The molecule has 3 aromatic carbocycles. The predicted octanol–water partition coefficient (Wildman–Crippen LogP) is 6.80. The molecule has 0 saturated carbocycles. The van der Waals surface area contributed by atoms with E-state index in [2.05, 4.69) is 43.6 Å². The summed E-state index contributed by atoms with van der Waals surface area (Å²) in [5.74, 6) is 1.20. The summed E-state index contributed by atoms with van der Waals surface area (Å²) in [6.45, 7) is 8.05. The summed E-state index contributed by atoms with van der Waals surface area (Å²) in [5.41, 5.74) is 1.77. The zero-order valence-electron chi connectivity index (χ0n) is 30.4. The van der Waals surface area contributed by atoms with Crippen molar-refractivity contribution in [3.63, 3.8) is 0 Å². The van der Waals surface area contributed by atoms with Gasteiger partial charge in [0.15, 0.2) is 5.82 Å². The average Bonchev–Trinajstić information content (AvgIpc) is 3.83. The number of hydrogen-bond donors (Lipinski definition) is 2. The van der Waals surface area contributed by atoms with Crippen molar-refractivity contribution in [3.8, 4) is 35.4 Å². The smallest absolute Gasteiger partial charge is 0.319 e. The van der Waals surface area contributed by atoms with Gasteiger partial charge in [0.1, 0.15) is 35.2 Å². The number of terminal acetylenes is 1. The first-order valence-corrected chi connectivity index (χ1v) is 18.9. The fourth-order valence-electron chi connectivity index (χ4n) is 9.50. The van der Waals surface area contributed by atoms with Crippen LogP contribution in [-0.2, 0) is 11.3 Å². The second-order valence-electron chi connectivity index (χ2n) is 15.2. The van der Waals surface area contributed by atoms with E-state index in [-0.39, 0.29) is 63.0 Å². The molecule has 4 fully saturated rings. The highest BCUT2D eigenvalue weighted by molar-refractivity contribution is 6.03. The summed E-state index contributed by atoms with van der Waals surface area (Å²) in [4.78, 5) is 33.4. The Morgan fingerprint density at radius 3 is 2.62 bits per heavy atom. The Labute approximate surface area is 317 Å². The van der Waals surface area contributed by atoms with Crippen LogP contribution in [0.4, 0.5) is 20.3 Å². The number of aromatic nitrogens is 3. The average molecular weight is 742 g/mol. The van der Waals surface area contributed by atoms with Crippen molar-refractivity contribution in [1.82, 2.24) is 24.8 Å². The SMILES string of the molecule is C#Cc1c(F)ccc2cc(O)cc(-c3ncc4c(N5CC6CCC(C5)N6Cc5cccc(NC(=O)C=C)c5)nc(OCC56CCCN5CCC6)nc4c3F)c12. The third kappa shape index (κ3) is 6.21. The van der Waals surface area contributed by atoms with E-state index in [1.54, 1.807) is 6.20 Å². The second kappa shape index (κ2) is 13.9. The Balaban J connectivity index is 1.09. The molecular weight excluding hydrogens is 701 g/mol. The first-order chi connectivity index (χ1) is 26.7. The number of hydrogen-bond acceptors (Lipinski definition) is 9. The van der Waals surface area contributed by atoms with Crippen molar-refractivity contribution in [2.24, 2.45) is 0 Å². The molecule has 5 aromatic rings. The number of carbonyl (C=O) groups is 1. The molecule has 4 aliphatic heterocycles. The lowest BCUT2D eigenvalue weighted by atomic mass is 9.95. The third-order valence-electron chi connectivity index (χ3n) is 12.1. The Hall–Kier alpha value is -5.64. The van der Waals surface area contributed by atoms with E-state index in [0.717, 1.165) is 69.4 Å². The molecular formula is C43H41F2N7O3. The molecule has 2 atom stereocenters. The molecule has 2 N–H and O–H groups in total. The van der Waals surface area contributed by atoms with E-state index < -0.39 is 11.6 Å². The lowest BCUT2D eigenvalue weighted by Gasteiger charge is -2.42. The number of nitrogens with zero attached hydrogens (tertiary/aromatic N) is 6. The van der Waals surface area contributed by atoms with E-state index >= 15 is 4.39 Å². The van der Waals surface area contributed by atoms with Crippen LogP contribution < -0.4 is 15.0 Å². The summed E-state index contributed by atoms with van der Waals surface area (Å²) < 4.78 is 38.6. The van der Waals surface area contributed by atoms with Crippen LogP contribution in [0, 0.1) is 24.0 Å². The van der Waals surface area contributed by atoms with Crippen molar-refractivity contribution in [2.75, 3.05) is 43.0 Å². The molecule has 9 rings (SSSR count). The monoisotopic (exact) mass is 741 g/mol. The lowest BCUT2D eigenvalue weighted by Crippen LogP contribution is -2.53. The van der Waals surface area contributed by atoms with Gasteiger partial charge in [-0.1, -0.05) is 30.7 Å². The van der Waals surface area contributed by atoms with Gasteiger partial charge >= 0.3 is 6.01 Å². The molecule has 1 amide bonds. The quantitative estimate of drug-likeness (QED) is 0.125. The lowest BCUT2D eigenvalue weighted by molar-refractivity contribution is -0.111. The molecule has 2 unspecified atom stereocenters. The van der Waals surface area contributed by atoms with Gasteiger partial charge in [-0.2, -0.15) is 9.97 Å². The van der Waals surface area contributed by atoms with Crippen molar-refractivity contribution in [3.05, 3.63) is 90.1 Å². The topological polar surface area (TPSA) is 107 Å². The van der Waals surface area contributed by atoms with Gasteiger partial charge in [0.25, 0.3) is 0 Å². The molecule has 12 heteroatoms. The molecule has 10 nitrogen and oxygen atoms in total. The highest BCUT2D eigenvalue weighted by Crippen LogP contribution is 2.42. The molecule has 4 saturated heterocycles. The number of pyridine rings is 1. The number of piperazine rings is 1. The van der Waals surface area contributed by atoms with Gasteiger partial charge in [0.05, 0.1) is 16.5 Å². The van der Waals surface area contributed by atoms with E-state index in [9.17, 15) is 14.3 Å². The fraction of sp³-hybridized carbons (Fsp3) is 0.349. The molecule has 2 bridgehead atoms. The number of phenolic OH excluding ortho intramolecular Hbond substituents is 1. The number of halogens is 2. The molecule has 0 spiro atoms. The van der Waals surface area contributed by atoms with Crippen LogP contribution in [0.25, 0.3) is 32.9 Å². The van der Waals surface area contributed by atoms with Crippen LogP contribution in [0.5, 0.6) is 11.8 Å². The van der Waals surface area contributed by atoms with Crippen LogP contribution in [-0.4, -0.2) is 86.2 Å². The Morgan fingerprint density at radius 2 is 1.87 bits per heavy atom. The highest BCUT2D eigenvalue weighted by Gasteiger charge is 2.45. The maximum absolute atomic E-state index is 17.1. The minimum Gasteiger partial charge on any atom is -0.508 e. The van der Waals surface area contributed by atoms with Crippen LogP contribution in [0.15, 0.2) is 67.4 Å². The number of amides is 1. The molecule has 0 aliphatic carbocycles. The molecule has 55 heavy (non-hydrogen) atoms. The summed E-state index contributed by atoms with van der Waals surface area (Å²) in [7, 11) is 0. The number of rotatable bonds is 9. The van der Waals surface area contributed by atoms with E-state index in [1.165, 1.54) is 30.3 Å². The van der Waals surface area contributed by atoms with Gasteiger partial charge in [0, 0.05) is 54.6 Å². The molecule has 6 heterocycles. The van der Waals surface area contributed by atoms with E-state index in [4.69, 9.17) is 21.1 Å². The minimum atomic E-state index is -0.739. The largest absolute Gasteiger partial charge is 0.508 e. The normalized spacial score (nSPS) is 20.5. The number of aromatic hydroxyl groups is 1. The van der Waals surface area contributed by atoms with Crippen LogP contribution in [0.3, 0.4) is 0 Å². The van der Waals surface area contributed by atoms with E-state index in [1.807, 2.05) is 18.2 Å². The van der Waals surface area contributed by atoms with Gasteiger partial charge < -0.3 is 20.1 Å². The summed E-state index contributed by atoms with van der Waals surface area (Å²) in [6, 6.07) is 13.9. The summed E-state index contributed by atoms with van der Waals surface area (Å²) in [5, 5.41) is 14.7. The zero-order valence-corrected chi connectivity index (χ0v) is 30.4. The number of nitrogens with one attached hydrogen (secondary N) is 1. The van der Waals surface area contributed by atoms with Crippen molar-refractivity contribution in [1.29, 1.82) is 0 Å². The van der Waals surface area contributed by atoms with Crippen molar-refractivity contribution < 1.29 is 23.4 Å². The van der Waals surface area contributed by atoms with Gasteiger partial charge in [-0.25, -0.2) is 8.78 Å². The van der Waals surface area contributed by atoms with Gasteiger partial charge in [-0.3, -0.25) is 19.6 Å². The Morgan fingerprint density at radius 1 is 1.09 bits per heavy atom. The predicted molar refractivity (Wildman–Crippen MR) is 208 cm³/mol. The summed E-state index contributed by atoms with van der Waals surface area (Å²) in [6.07, 6.45) is 14.8. The van der Waals surface area contributed by atoms with Gasteiger partial charge in [-0.15, -0.1) is 6.42 Å². The maximum Gasteiger partial charge on any atom is 0.319 e. The van der Waals surface area contributed by atoms with E-state index in [0.29, 0.717) is 36.3 Å². The molecule has 0 radical (unpaired) electrons. The summed E-state index contributed by atoms with van der Waals surface area (Å²) >= 11 is 0. The highest BCUT2D eigenvalue weighted by atomic mass is 19.1. The number of anilines is 2. The molecule has 4 aliphatic rings. The second-order valence-corrected chi connectivity index (χ2v) is 15.2. The van der Waals surface area contributed by atoms with Crippen LogP contribution in [0.1, 0.15) is 49.7 Å². The van der Waals surface area contributed by atoms with Crippen LogP contribution >= 0.6 is 0 Å². The number of benzene rings is 3. The van der Waals surface area contributed by atoms with Crippen molar-refractivity contribution >= 4 is 39.1 Å². The number of phenols is 1.